The van der Waals surface area contributed by atoms with Gasteiger partial charge in [0.05, 0.1) is 12.2 Å². The van der Waals surface area contributed by atoms with E-state index in [9.17, 15) is 14.4 Å². The van der Waals surface area contributed by atoms with Crippen LogP contribution in [-0.2, 0) is 17.9 Å². The van der Waals surface area contributed by atoms with Gasteiger partial charge in [0, 0.05) is 11.1 Å². The summed E-state index contributed by atoms with van der Waals surface area (Å²) in [7, 11) is 0. The number of nitrogens with one attached hydrogen (secondary N) is 1. The van der Waals surface area contributed by atoms with E-state index in [1.54, 1.807) is 19.2 Å². The van der Waals surface area contributed by atoms with Gasteiger partial charge in [0.15, 0.2) is 0 Å². The maximum Gasteiger partial charge on any atom is 0.347 e. The van der Waals surface area contributed by atoms with Crippen LogP contribution in [0.25, 0.3) is 0 Å². The molecule has 0 atom stereocenters. The second-order valence-corrected chi connectivity index (χ2v) is 6.24. The third-order valence-corrected chi connectivity index (χ3v) is 4.78. The summed E-state index contributed by atoms with van der Waals surface area (Å²) in [6, 6.07) is 0. The molecule has 9 heteroatoms. The Morgan fingerprint density at radius 3 is 2.67 bits per heavy atom. The molecule has 0 bridgehead atoms. The van der Waals surface area contributed by atoms with Crippen molar-refractivity contribution < 1.29 is 14.7 Å². The first-order valence-corrected chi connectivity index (χ1v) is 7.69. The number of amides is 1. The van der Waals surface area contributed by atoms with Crippen LogP contribution in [0.1, 0.15) is 26.1 Å². The summed E-state index contributed by atoms with van der Waals surface area (Å²) in [6.07, 6.45) is 0. The molecular weight excluding hydrogens is 314 g/mol. The van der Waals surface area contributed by atoms with E-state index in [4.69, 9.17) is 5.11 Å². The first kappa shape index (κ1) is 15.4. The molecule has 1 amide bonds. The molecule has 0 aliphatic heterocycles. The van der Waals surface area contributed by atoms with Crippen molar-refractivity contribution in [3.05, 3.63) is 36.3 Å². The van der Waals surface area contributed by atoms with E-state index < -0.39 is 5.97 Å². The summed E-state index contributed by atoms with van der Waals surface area (Å²) >= 11 is 2.08. The molecule has 2 heterocycles. The van der Waals surface area contributed by atoms with Crippen LogP contribution in [-0.4, -0.2) is 26.5 Å². The fourth-order valence-corrected chi connectivity index (χ4v) is 3.27. The number of carbonyl (C=O) groups excluding carboxylic acids is 1. The molecule has 0 fully saturated rings. The van der Waals surface area contributed by atoms with Gasteiger partial charge in [-0.3, -0.25) is 14.2 Å². The average molecular weight is 327 g/mol. The first-order valence-electron chi connectivity index (χ1n) is 5.99. The van der Waals surface area contributed by atoms with Crippen LogP contribution >= 0.6 is 22.7 Å². The molecule has 0 aromatic carbocycles. The number of aromatic nitrogens is 2. The molecule has 2 aromatic heterocycles. The number of hydrogen-bond donors (Lipinski definition) is 2. The third kappa shape index (κ3) is 3.56. The van der Waals surface area contributed by atoms with E-state index >= 15 is 0 Å². The minimum atomic E-state index is -1.02. The number of rotatable bonds is 5. The van der Waals surface area contributed by atoms with Crippen molar-refractivity contribution >= 4 is 34.6 Å². The maximum absolute atomic E-state index is 11.8. The maximum atomic E-state index is 11.8. The van der Waals surface area contributed by atoms with E-state index in [2.05, 4.69) is 10.3 Å². The van der Waals surface area contributed by atoms with E-state index in [-0.39, 0.29) is 28.7 Å². The predicted octanol–water partition coefficient (Wildman–Crippen LogP) is 0.998. The zero-order chi connectivity index (χ0) is 15.6. The Hall–Kier alpha value is -2.00. The SMILES string of the molecule is Cc1nc(CNC(=O)Cn2c(C)csc2=O)sc1C(=O)O. The summed E-state index contributed by atoms with van der Waals surface area (Å²) < 4.78 is 1.38. The summed E-state index contributed by atoms with van der Waals surface area (Å²) in [5, 5.41) is 13.8. The molecule has 0 aliphatic carbocycles. The monoisotopic (exact) mass is 327 g/mol. The van der Waals surface area contributed by atoms with Gasteiger partial charge in [-0.15, -0.1) is 11.3 Å². The predicted molar refractivity (Wildman–Crippen MR) is 79.0 cm³/mol. The van der Waals surface area contributed by atoms with Crippen molar-refractivity contribution in [2.45, 2.75) is 26.9 Å². The van der Waals surface area contributed by atoms with Gasteiger partial charge in [-0.1, -0.05) is 11.3 Å². The summed E-state index contributed by atoms with van der Waals surface area (Å²) in [6.45, 7) is 3.47. The van der Waals surface area contributed by atoms with Crippen LogP contribution < -0.4 is 10.2 Å². The fraction of sp³-hybridized carbons (Fsp3) is 0.333. The zero-order valence-electron chi connectivity index (χ0n) is 11.4. The van der Waals surface area contributed by atoms with E-state index in [1.807, 2.05) is 0 Å². The van der Waals surface area contributed by atoms with Gasteiger partial charge >= 0.3 is 10.8 Å². The van der Waals surface area contributed by atoms with Gasteiger partial charge in [-0.05, 0) is 13.8 Å². The Kier molecular flexibility index (Phi) is 4.53. The van der Waals surface area contributed by atoms with Gasteiger partial charge in [0.25, 0.3) is 0 Å². The molecule has 0 spiro atoms. The Morgan fingerprint density at radius 2 is 2.14 bits per heavy atom. The van der Waals surface area contributed by atoms with E-state index in [0.717, 1.165) is 28.4 Å². The number of carbonyl (C=O) groups is 2. The van der Waals surface area contributed by atoms with Crippen LogP contribution in [0.4, 0.5) is 0 Å². The van der Waals surface area contributed by atoms with Gasteiger partial charge in [-0.25, -0.2) is 9.78 Å². The van der Waals surface area contributed by atoms with Crippen molar-refractivity contribution in [2.24, 2.45) is 0 Å². The molecule has 2 aromatic rings. The Balaban J connectivity index is 1.97. The second kappa shape index (κ2) is 6.19. The Bertz CT molecular complexity index is 744. The van der Waals surface area contributed by atoms with E-state index in [1.165, 1.54) is 4.57 Å². The van der Waals surface area contributed by atoms with Gasteiger partial charge in [0.2, 0.25) is 5.91 Å². The molecular formula is C12H13N3O4S2. The minimum Gasteiger partial charge on any atom is -0.477 e. The number of thiazole rings is 2. The van der Waals surface area contributed by atoms with Crippen LogP contribution in [0.3, 0.4) is 0 Å². The highest BCUT2D eigenvalue weighted by molar-refractivity contribution is 7.13. The Morgan fingerprint density at radius 1 is 1.43 bits per heavy atom. The topological polar surface area (TPSA) is 101 Å². The van der Waals surface area contributed by atoms with Crippen molar-refractivity contribution in [1.82, 2.24) is 14.9 Å². The minimum absolute atomic E-state index is 0.0513. The average Bonchev–Trinajstić information content (AvgIpc) is 2.94. The zero-order valence-corrected chi connectivity index (χ0v) is 13.0. The number of hydrogen-bond acceptors (Lipinski definition) is 6. The highest BCUT2D eigenvalue weighted by atomic mass is 32.1. The highest BCUT2D eigenvalue weighted by Gasteiger charge is 2.14. The van der Waals surface area contributed by atoms with Crippen LogP contribution in [0.5, 0.6) is 0 Å². The number of carboxylic acid groups (broad SMARTS) is 1. The number of aromatic carboxylic acids is 1. The van der Waals surface area contributed by atoms with Gasteiger partial charge in [-0.2, -0.15) is 0 Å². The fourth-order valence-electron chi connectivity index (χ4n) is 1.70. The molecule has 0 aliphatic rings. The first-order chi connectivity index (χ1) is 9.88. The standard InChI is InChI=1S/C12H13N3O4S2/c1-6-5-20-12(19)15(6)4-8(16)13-3-9-14-7(2)10(21-9)11(17)18/h5H,3-4H2,1-2H3,(H,13,16)(H,17,18). The highest BCUT2D eigenvalue weighted by Crippen LogP contribution is 2.17. The van der Waals surface area contributed by atoms with Crippen LogP contribution in [0.2, 0.25) is 0 Å². The van der Waals surface area contributed by atoms with Crippen LogP contribution in [0, 0.1) is 13.8 Å². The lowest BCUT2D eigenvalue weighted by atomic mass is 10.4. The summed E-state index contributed by atoms with van der Waals surface area (Å²) in [5.41, 5.74) is 1.17. The van der Waals surface area contributed by atoms with E-state index in [0.29, 0.717) is 10.7 Å². The molecule has 21 heavy (non-hydrogen) atoms. The molecule has 7 nitrogen and oxygen atoms in total. The summed E-state index contributed by atoms with van der Waals surface area (Å²) in [5.74, 6) is -1.34. The normalized spacial score (nSPS) is 10.6. The summed E-state index contributed by atoms with van der Waals surface area (Å²) in [4.78, 5) is 38.3. The van der Waals surface area contributed by atoms with Crippen molar-refractivity contribution in [2.75, 3.05) is 0 Å². The third-order valence-electron chi connectivity index (χ3n) is 2.75. The number of nitrogens with zero attached hydrogens (tertiary/aromatic N) is 2. The smallest absolute Gasteiger partial charge is 0.347 e. The number of carboxylic acids is 1. The molecule has 0 saturated carbocycles. The quantitative estimate of drug-likeness (QED) is 0.853. The van der Waals surface area contributed by atoms with Crippen molar-refractivity contribution in [1.29, 1.82) is 0 Å². The van der Waals surface area contributed by atoms with Crippen molar-refractivity contribution in [3.63, 3.8) is 0 Å². The molecule has 0 unspecified atom stereocenters. The molecule has 2 N–H and O–H groups in total. The molecule has 0 saturated heterocycles. The Labute approximate surface area is 127 Å². The lowest BCUT2D eigenvalue weighted by Crippen LogP contribution is -2.30. The van der Waals surface area contributed by atoms with Gasteiger partial charge in [0.1, 0.15) is 16.4 Å². The molecule has 2 rings (SSSR count). The van der Waals surface area contributed by atoms with Crippen LogP contribution in [0.15, 0.2) is 10.2 Å². The molecule has 112 valence electrons. The largest absolute Gasteiger partial charge is 0.477 e. The number of aryl methyl sites for hydroxylation is 2. The van der Waals surface area contributed by atoms with Crippen molar-refractivity contribution in [3.8, 4) is 0 Å². The lowest BCUT2D eigenvalue weighted by molar-refractivity contribution is -0.121. The second-order valence-electron chi connectivity index (χ2n) is 4.33. The molecule has 0 radical (unpaired) electrons. The van der Waals surface area contributed by atoms with Gasteiger partial charge < -0.3 is 10.4 Å². The lowest BCUT2D eigenvalue weighted by Gasteiger charge is -2.05.